The summed E-state index contributed by atoms with van der Waals surface area (Å²) in [5.41, 5.74) is 5.58. The molecular weight excluding hydrogens is 329 g/mol. The lowest BCUT2D eigenvalue weighted by atomic mass is 9.89. The summed E-state index contributed by atoms with van der Waals surface area (Å²) in [5, 5.41) is 9.57. The summed E-state index contributed by atoms with van der Waals surface area (Å²) in [4.78, 5) is 23.3. The lowest BCUT2D eigenvalue weighted by molar-refractivity contribution is -0.157. The van der Waals surface area contributed by atoms with Crippen molar-refractivity contribution in [1.82, 2.24) is 0 Å². The number of halogens is 2. The SMILES string of the molecule is CC(C)(C)OC(=O)[C@@H](c1ccc(Cl)cc1Cl)[C@H](N)CC(=O)O. The fourth-order valence-corrected chi connectivity index (χ4v) is 2.50. The first-order valence-corrected chi connectivity index (χ1v) is 7.42. The third-order valence-corrected chi connectivity index (χ3v) is 3.36. The molecule has 0 amide bonds. The molecule has 1 aromatic carbocycles. The van der Waals surface area contributed by atoms with Crippen LogP contribution in [0.2, 0.25) is 10.0 Å². The topological polar surface area (TPSA) is 89.6 Å². The first kappa shape index (κ1) is 18.7. The molecule has 3 N–H and O–H groups in total. The molecule has 7 heteroatoms. The van der Waals surface area contributed by atoms with Crippen molar-refractivity contribution in [2.45, 2.75) is 44.8 Å². The largest absolute Gasteiger partial charge is 0.481 e. The smallest absolute Gasteiger partial charge is 0.315 e. The van der Waals surface area contributed by atoms with Crippen LogP contribution < -0.4 is 5.73 Å². The molecule has 0 heterocycles. The molecule has 2 atom stereocenters. The minimum absolute atomic E-state index is 0.240. The third kappa shape index (κ3) is 5.48. The van der Waals surface area contributed by atoms with E-state index in [4.69, 9.17) is 38.8 Å². The monoisotopic (exact) mass is 347 g/mol. The number of aliphatic carboxylic acids is 1. The van der Waals surface area contributed by atoms with Crippen molar-refractivity contribution in [2.75, 3.05) is 0 Å². The van der Waals surface area contributed by atoms with Crippen molar-refractivity contribution in [1.29, 1.82) is 0 Å². The third-order valence-electron chi connectivity index (χ3n) is 2.80. The molecule has 0 spiro atoms. The molecule has 0 saturated heterocycles. The molecule has 0 saturated carbocycles. The van der Waals surface area contributed by atoms with E-state index in [1.54, 1.807) is 32.9 Å². The zero-order valence-electron chi connectivity index (χ0n) is 12.6. The Hall–Kier alpha value is -1.30. The van der Waals surface area contributed by atoms with E-state index in [2.05, 4.69) is 0 Å². The zero-order chi connectivity index (χ0) is 17.1. The van der Waals surface area contributed by atoms with Crippen molar-refractivity contribution >= 4 is 35.1 Å². The van der Waals surface area contributed by atoms with E-state index >= 15 is 0 Å². The van der Waals surface area contributed by atoms with E-state index in [1.807, 2.05) is 0 Å². The predicted octanol–water partition coefficient (Wildman–Crippen LogP) is 3.22. The van der Waals surface area contributed by atoms with Crippen LogP contribution in [0.25, 0.3) is 0 Å². The number of carboxylic acids is 1. The Labute approximate surface area is 139 Å². The number of carbonyl (C=O) groups is 2. The van der Waals surface area contributed by atoms with E-state index in [1.165, 1.54) is 6.07 Å². The molecule has 1 aromatic rings. The van der Waals surface area contributed by atoms with Crippen molar-refractivity contribution in [3.05, 3.63) is 33.8 Å². The van der Waals surface area contributed by atoms with Crippen LogP contribution in [-0.2, 0) is 14.3 Å². The summed E-state index contributed by atoms with van der Waals surface area (Å²) in [6.07, 6.45) is -0.386. The van der Waals surface area contributed by atoms with Crippen molar-refractivity contribution in [2.24, 2.45) is 5.73 Å². The van der Waals surface area contributed by atoms with Crippen LogP contribution in [0.1, 0.15) is 38.7 Å². The number of hydrogen-bond acceptors (Lipinski definition) is 4. The highest BCUT2D eigenvalue weighted by Gasteiger charge is 2.34. The molecule has 0 bridgehead atoms. The highest BCUT2D eigenvalue weighted by molar-refractivity contribution is 6.35. The maximum absolute atomic E-state index is 12.4. The van der Waals surface area contributed by atoms with Crippen LogP contribution in [0.4, 0.5) is 0 Å². The zero-order valence-corrected chi connectivity index (χ0v) is 14.1. The van der Waals surface area contributed by atoms with Gasteiger partial charge < -0.3 is 15.6 Å². The van der Waals surface area contributed by atoms with E-state index < -0.39 is 29.5 Å². The lowest BCUT2D eigenvalue weighted by Crippen LogP contribution is -2.39. The molecule has 5 nitrogen and oxygen atoms in total. The molecule has 0 aromatic heterocycles. The van der Waals surface area contributed by atoms with Crippen LogP contribution in [0.15, 0.2) is 18.2 Å². The lowest BCUT2D eigenvalue weighted by Gasteiger charge is -2.27. The highest BCUT2D eigenvalue weighted by Crippen LogP contribution is 2.32. The Kier molecular flexibility index (Phi) is 6.23. The predicted molar refractivity (Wildman–Crippen MR) is 85.3 cm³/mol. The second kappa shape index (κ2) is 7.31. The van der Waals surface area contributed by atoms with Crippen molar-refractivity contribution in [3.8, 4) is 0 Å². The number of benzene rings is 1. The standard InChI is InChI=1S/C15H19Cl2NO4/c1-15(2,3)22-14(21)13(11(18)7-12(19)20)9-5-4-8(16)6-10(9)17/h4-6,11,13H,7,18H2,1-3H3,(H,19,20)/t11-,13+/m1/s1. The highest BCUT2D eigenvalue weighted by atomic mass is 35.5. The Morgan fingerprint density at radius 3 is 2.36 bits per heavy atom. The summed E-state index contributed by atoms with van der Waals surface area (Å²) in [7, 11) is 0. The molecule has 1 rings (SSSR count). The summed E-state index contributed by atoms with van der Waals surface area (Å²) in [6, 6.07) is 3.63. The Morgan fingerprint density at radius 2 is 1.91 bits per heavy atom. The molecule has 0 fully saturated rings. The molecule has 0 aliphatic heterocycles. The van der Waals surface area contributed by atoms with E-state index in [0.29, 0.717) is 10.6 Å². The van der Waals surface area contributed by atoms with Gasteiger partial charge in [-0.3, -0.25) is 9.59 Å². The summed E-state index contributed by atoms with van der Waals surface area (Å²) >= 11 is 12.0. The van der Waals surface area contributed by atoms with Gasteiger partial charge in [-0.2, -0.15) is 0 Å². The van der Waals surface area contributed by atoms with Gasteiger partial charge in [0, 0.05) is 16.1 Å². The molecule has 122 valence electrons. The number of rotatable bonds is 5. The van der Waals surface area contributed by atoms with Gasteiger partial charge in [0.25, 0.3) is 0 Å². The van der Waals surface area contributed by atoms with Crippen LogP contribution in [0.3, 0.4) is 0 Å². The van der Waals surface area contributed by atoms with Gasteiger partial charge in [-0.25, -0.2) is 0 Å². The van der Waals surface area contributed by atoms with Crippen LogP contribution in [0.5, 0.6) is 0 Å². The molecular formula is C15H19Cl2NO4. The Bertz CT molecular complexity index is 569. The van der Waals surface area contributed by atoms with Gasteiger partial charge in [0.1, 0.15) is 5.60 Å². The summed E-state index contributed by atoms with van der Waals surface area (Å²) in [5.74, 6) is -2.71. The average molecular weight is 348 g/mol. The van der Waals surface area contributed by atoms with E-state index in [9.17, 15) is 9.59 Å². The van der Waals surface area contributed by atoms with Crippen LogP contribution in [-0.4, -0.2) is 28.7 Å². The quantitative estimate of drug-likeness (QED) is 0.798. The normalized spacial score (nSPS) is 14.3. The van der Waals surface area contributed by atoms with E-state index in [-0.39, 0.29) is 11.4 Å². The van der Waals surface area contributed by atoms with Crippen molar-refractivity contribution in [3.63, 3.8) is 0 Å². The maximum atomic E-state index is 12.4. The molecule has 22 heavy (non-hydrogen) atoms. The fourth-order valence-electron chi connectivity index (χ4n) is 1.97. The number of ether oxygens (including phenoxy) is 1. The van der Waals surface area contributed by atoms with Gasteiger partial charge in [0.2, 0.25) is 0 Å². The fraction of sp³-hybridized carbons (Fsp3) is 0.467. The average Bonchev–Trinajstić information content (AvgIpc) is 2.28. The van der Waals surface area contributed by atoms with Gasteiger partial charge in [-0.1, -0.05) is 29.3 Å². The first-order valence-electron chi connectivity index (χ1n) is 6.66. The van der Waals surface area contributed by atoms with Gasteiger partial charge >= 0.3 is 11.9 Å². The van der Waals surface area contributed by atoms with Crippen LogP contribution >= 0.6 is 23.2 Å². The first-order chi connectivity index (χ1) is 10.0. The van der Waals surface area contributed by atoms with Gasteiger partial charge in [0.15, 0.2) is 0 Å². The number of nitrogens with two attached hydrogens (primary N) is 1. The summed E-state index contributed by atoms with van der Waals surface area (Å²) < 4.78 is 5.34. The maximum Gasteiger partial charge on any atom is 0.315 e. The van der Waals surface area contributed by atoms with Crippen molar-refractivity contribution < 1.29 is 19.4 Å². The Balaban J connectivity index is 3.21. The van der Waals surface area contributed by atoms with Crippen LogP contribution in [0, 0.1) is 0 Å². The number of carbonyl (C=O) groups excluding carboxylic acids is 1. The summed E-state index contributed by atoms with van der Waals surface area (Å²) in [6.45, 7) is 5.15. The second-order valence-electron chi connectivity index (χ2n) is 5.94. The second-order valence-corrected chi connectivity index (χ2v) is 6.78. The molecule has 0 aliphatic carbocycles. The minimum Gasteiger partial charge on any atom is -0.481 e. The molecule has 0 aliphatic rings. The van der Waals surface area contributed by atoms with Gasteiger partial charge in [-0.15, -0.1) is 0 Å². The minimum atomic E-state index is -1.11. The number of esters is 1. The Morgan fingerprint density at radius 1 is 1.32 bits per heavy atom. The van der Waals surface area contributed by atoms with Gasteiger partial charge in [0.05, 0.1) is 12.3 Å². The molecule has 0 radical (unpaired) electrons. The molecule has 0 unspecified atom stereocenters. The van der Waals surface area contributed by atoms with E-state index in [0.717, 1.165) is 0 Å². The van der Waals surface area contributed by atoms with Gasteiger partial charge in [-0.05, 0) is 38.5 Å². The number of hydrogen-bond donors (Lipinski definition) is 2. The number of carboxylic acid groups (broad SMARTS) is 1.